The Morgan fingerprint density at radius 2 is 2.14 bits per heavy atom. The van der Waals surface area contributed by atoms with Gasteiger partial charge in [-0.15, -0.1) is 12.6 Å². The molecule has 0 aliphatic rings. The zero-order valence-corrected chi connectivity index (χ0v) is 12.7. The lowest BCUT2D eigenvalue weighted by molar-refractivity contribution is 0.481. The SMILES string of the molecule is CCCCc1ncc(S)c(-n2ccc3c(O)cccc32)n1. The van der Waals surface area contributed by atoms with Crippen molar-refractivity contribution in [3.8, 4) is 11.6 Å². The second-order valence-corrected chi connectivity index (χ2v) is 5.48. The van der Waals surface area contributed by atoms with E-state index in [1.807, 2.05) is 29.0 Å². The van der Waals surface area contributed by atoms with Crippen LogP contribution in [-0.4, -0.2) is 19.6 Å². The first kappa shape index (κ1) is 13.9. The molecule has 21 heavy (non-hydrogen) atoms. The number of nitrogens with zero attached hydrogens (tertiary/aromatic N) is 3. The maximum atomic E-state index is 9.91. The summed E-state index contributed by atoms with van der Waals surface area (Å²) >= 11 is 4.47. The monoisotopic (exact) mass is 299 g/mol. The van der Waals surface area contributed by atoms with E-state index in [2.05, 4.69) is 29.5 Å². The number of aromatic nitrogens is 3. The van der Waals surface area contributed by atoms with Crippen LogP contribution in [0.3, 0.4) is 0 Å². The zero-order chi connectivity index (χ0) is 14.8. The highest BCUT2D eigenvalue weighted by atomic mass is 32.1. The molecule has 5 heteroatoms. The third-order valence-electron chi connectivity index (χ3n) is 3.49. The minimum atomic E-state index is 0.271. The number of hydrogen-bond donors (Lipinski definition) is 2. The Kier molecular flexibility index (Phi) is 3.84. The fourth-order valence-corrected chi connectivity index (χ4v) is 2.59. The standard InChI is InChI=1S/C16H17N3OS/c1-2-3-7-15-17-10-14(21)16(18-15)19-9-8-11-12(19)5-4-6-13(11)20/h4-6,8-10,20-21H,2-3,7H2,1H3. The van der Waals surface area contributed by atoms with Crippen LogP contribution in [0.15, 0.2) is 41.6 Å². The Hall–Kier alpha value is -2.01. The first-order chi connectivity index (χ1) is 10.2. The van der Waals surface area contributed by atoms with Gasteiger partial charge < -0.3 is 9.67 Å². The number of aromatic hydroxyl groups is 1. The molecule has 0 radical (unpaired) electrons. The van der Waals surface area contributed by atoms with Crippen LogP contribution >= 0.6 is 12.6 Å². The molecule has 0 amide bonds. The molecular formula is C16H17N3OS. The van der Waals surface area contributed by atoms with Crippen molar-refractivity contribution >= 4 is 23.5 Å². The Balaban J connectivity index is 2.11. The van der Waals surface area contributed by atoms with Crippen molar-refractivity contribution in [2.24, 2.45) is 0 Å². The van der Waals surface area contributed by atoms with Gasteiger partial charge in [0.05, 0.1) is 10.4 Å². The molecule has 1 N–H and O–H groups in total. The highest BCUT2D eigenvalue weighted by Crippen LogP contribution is 2.28. The fourth-order valence-electron chi connectivity index (χ4n) is 2.37. The Morgan fingerprint density at radius 3 is 2.95 bits per heavy atom. The van der Waals surface area contributed by atoms with Crippen LogP contribution in [0.5, 0.6) is 5.75 Å². The van der Waals surface area contributed by atoms with Crippen molar-refractivity contribution in [2.45, 2.75) is 31.1 Å². The van der Waals surface area contributed by atoms with Crippen LogP contribution < -0.4 is 0 Å². The number of phenolic OH excluding ortho intramolecular Hbond substituents is 1. The van der Waals surface area contributed by atoms with E-state index in [-0.39, 0.29) is 5.75 Å². The van der Waals surface area contributed by atoms with E-state index >= 15 is 0 Å². The smallest absolute Gasteiger partial charge is 0.154 e. The molecule has 2 heterocycles. The van der Waals surface area contributed by atoms with E-state index in [0.29, 0.717) is 0 Å². The maximum absolute atomic E-state index is 9.91. The molecule has 0 bridgehead atoms. The molecule has 0 aliphatic heterocycles. The van der Waals surface area contributed by atoms with Gasteiger partial charge in [-0.1, -0.05) is 19.4 Å². The number of aryl methyl sites for hydroxylation is 1. The van der Waals surface area contributed by atoms with E-state index in [1.54, 1.807) is 12.3 Å². The van der Waals surface area contributed by atoms with Crippen molar-refractivity contribution in [3.05, 3.63) is 42.5 Å². The Bertz CT molecular complexity index is 782. The largest absolute Gasteiger partial charge is 0.507 e. The fraction of sp³-hybridized carbons (Fsp3) is 0.250. The third kappa shape index (κ3) is 2.61. The number of unbranched alkanes of at least 4 members (excludes halogenated alkanes) is 1. The molecule has 0 saturated heterocycles. The normalized spacial score (nSPS) is 11.1. The van der Waals surface area contributed by atoms with Gasteiger partial charge in [0, 0.05) is 24.2 Å². The van der Waals surface area contributed by atoms with Gasteiger partial charge in [-0.05, 0) is 24.6 Å². The van der Waals surface area contributed by atoms with E-state index in [0.717, 1.165) is 46.7 Å². The molecule has 3 aromatic rings. The molecular weight excluding hydrogens is 282 g/mol. The Morgan fingerprint density at radius 1 is 1.29 bits per heavy atom. The van der Waals surface area contributed by atoms with Crippen LogP contribution in [0.4, 0.5) is 0 Å². The lowest BCUT2D eigenvalue weighted by Crippen LogP contribution is -2.03. The summed E-state index contributed by atoms with van der Waals surface area (Å²) in [6.45, 7) is 2.15. The van der Waals surface area contributed by atoms with Gasteiger partial charge in [-0.25, -0.2) is 9.97 Å². The molecule has 4 nitrogen and oxygen atoms in total. The molecule has 3 rings (SSSR count). The predicted octanol–water partition coefficient (Wildman–Crippen LogP) is 3.76. The summed E-state index contributed by atoms with van der Waals surface area (Å²) in [6.07, 6.45) is 6.68. The van der Waals surface area contributed by atoms with Crippen LogP contribution in [0, 0.1) is 0 Å². The molecule has 0 saturated carbocycles. The van der Waals surface area contributed by atoms with Crippen LogP contribution in [-0.2, 0) is 6.42 Å². The number of phenols is 1. The van der Waals surface area contributed by atoms with Gasteiger partial charge >= 0.3 is 0 Å². The molecule has 2 aromatic heterocycles. The van der Waals surface area contributed by atoms with Crippen molar-refractivity contribution < 1.29 is 5.11 Å². The zero-order valence-electron chi connectivity index (χ0n) is 11.8. The van der Waals surface area contributed by atoms with E-state index in [4.69, 9.17) is 0 Å². The van der Waals surface area contributed by atoms with Gasteiger partial charge in [0.1, 0.15) is 11.6 Å². The van der Waals surface area contributed by atoms with Gasteiger partial charge in [-0.2, -0.15) is 0 Å². The molecule has 0 fully saturated rings. The highest BCUT2D eigenvalue weighted by Gasteiger charge is 2.11. The molecule has 0 unspecified atom stereocenters. The summed E-state index contributed by atoms with van der Waals surface area (Å²) in [5, 5.41) is 10.7. The van der Waals surface area contributed by atoms with Crippen molar-refractivity contribution in [1.82, 2.24) is 14.5 Å². The topological polar surface area (TPSA) is 50.9 Å². The molecule has 0 atom stereocenters. The first-order valence-electron chi connectivity index (χ1n) is 7.05. The molecule has 0 spiro atoms. The number of benzene rings is 1. The molecule has 108 valence electrons. The second-order valence-electron chi connectivity index (χ2n) is 4.99. The van der Waals surface area contributed by atoms with Crippen molar-refractivity contribution in [2.75, 3.05) is 0 Å². The minimum absolute atomic E-state index is 0.271. The lowest BCUT2D eigenvalue weighted by Gasteiger charge is -2.09. The number of thiol groups is 1. The van der Waals surface area contributed by atoms with Gasteiger partial charge in [0.2, 0.25) is 0 Å². The first-order valence-corrected chi connectivity index (χ1v) is 7.49. The second kappa shape index (κ2) is 5.77. The Labute approximate surface area is 128 Å². The van der Waals surface area contributed by atoms with Gasteiger partial charge in [-0.3, -0.25) is 0 Å². The van der Waals surface area contributed by atoms with Crippen LogP contribution in [0.1, 0.15) is 25.6 Å². The molecule has 1 aromatic carbocycles. The molecule has 0 aliphatic carbocycles. The van der Waals surface area contributed by atoms with Gasteiger partial charge in [0.25, 0.3) is 0 Å². The summed E-state index contributed by atoms with van der Waals surface area (Å²) in [4.78, 5) is 9.68. The highest BCUT2D eigenvalue weighted by molar-refractivity contribution is 7.80. The van der Waals surface area contributed by atoms with Gasteiger partial charge in [0.15, 0.2) is 5.82 Å². The minimum Gasteiger partial charge on any atom is -0.507 e. The number of rotatable bonds is 4. The van der Waals surface area contributed by atoms with Crippen LogP contribution in [0.25, 0.3) is 16.7 Å². The quantitative estimate of drug-likeness (QED) is 0.721. The van der Waals surface area contributed by atoms with Crippen LogP contribution in [0.2, 0.25) is 0 Å². The van der Waals surface area contributed by atoms with Crippen molar-refractivity contribution in [3.63, 3.8) is 0 Å². The number of fused-ring (bicyclic) bond motifs is 1. The summed E-state index contributed by atoms with van der Waals surface area (Å²) in [5.74, 6) is 1.85. The van der Waals surface area contributed by atoms with Crippen molar-refractivity contribution in [1.29, 1.82) is 0 Å². The van der Waals surface area contributed by atoms with E-state index in [1.165, 1.54) is 0 Å². The maximum Gasteiger partial charge on any atom is 0.154 e. The average molecular weight is 299 g/mol. The van der Waals surface area contributed by atoms with E-state index < -0.39 is 0 Å². The van der Waals surface area contributed by atoms with E-state index in [9.17, 15) is 5.11 Å². The third-order valence-corrected chi connectivity index (χ3v) is 3.81. The average Bonchev–Trinajstić information content (AvgIpc) is 2.92. The summed E-state index contributed by atoms with van der Waals surface area (Å²) in [5.41, 5.74) is 0.908. The lowest BCUT2D eigenvalue weighted by atomic mass is 10.2. The predicted molar refractivity (Wildman–Crippen MR) is 86.4 cm³/mol. The summed E-state index contributed by atoms with van der Waals surface area (Å²) < 4.78 is 1.94. The number of hydrogen-bond acceptors (Lipinski definition) is 4. The summed E-state index contributed by atoms with van der Waals surface area (Å²) in [7, 11) is 0. The summed E-state index contributed by atoms with van der Waals surface area (Å²) in [6, 6.07) is 7.34.